The zero-order valence-electron chi connectivity index (χ0n) is 10.6. The molecule has 0 aliphatic heterocycles. The van der Waals surface area contributed by atoms with E-state index in [1.54, 1.807) is 14.0 Å². The van der Waals surface area contributed by atoms with E-state index in [-0.39, 0.29) is 5.82 Å². The molecule has 96 valence electrons. The molecule has 18 heavy (non-hydrogen) atoms. The molecule has 2 aromatic heterocycles. The summed E-state index contributed by atoms with van der Waals surface area (Å²) >= 11 is 0. The second-order valence-electron chi connectivity index (χ2n) is 3.72. The van der Waals surface area contributed by atoms with Crippen LogP contribution >= 0.6 is 0 Å². The molecule has 0 saturated carbocycles. The van der Waals surface area contributed by atoms with Crippen molar-refractivity contribution < 1.29 is 13.9 Å². The molecule has 0 amide bonds. The summed E-state index contributed by atoms with van der Waals surface area (Å²) in [6, 6.07) is 3.70. The number of furan rings is 1. The molecule has 0 fully saturated rings. The fourth-order valence-corrected chi connectivity index (χ4v) is 1.57. The van der Waals surface area contributed by atoms with E-state index in [1.807, 2.05) is 19.1 Å². The van der Waals surface area contributed by atoms with Crippen LogP contribution in [0.5, 0.6) is 0 Å². The Kier molecular flexibility index (Phi) is 3.45. The smallest absolute Gasteiger partial charge is 0.378 e. The van der Waals surface area contributed by atoms with Crippen LogP contribution in [0.2, 0.25) is 0 Å². The topological polar surface area (TPSA) is 70.2 Å². The van der Waals surface area contributed by atoms with Gasteiger partial charge >= 0.3 is 5.97 Å². The number of esters is 1. The maximum absolute atomic E-state index is 11.5. The molecule has 6 heteroatoms. The first-order valence-corrected chi connectivity index (χ1v) is 5.83. The van der Waals surface area contributed by atoms with Crippen molar-refractivity contribution in [2.45, 2.75) is 20.3 Å². The van der Waals surface area contributed by atoms with Gasteiger partial charge in [0, 0.05) is 13.5 Å². The summed E-state index contributed by atoms with van der Waals surface area (Å²) in [5.41, 5.74) is 0. The second-order valence-corrected chi connectivity index (χ2v) is 3.72. The van der Waals surface area contributed by atoms with Crippen molar-refractivity contribution in [3.8, 4) is 11.6 Å². The van der Waals surface area contributed by atoms with E-state index in [4.69, 9.17) is 9.15 Å². The molecule has 0 aliphatic carbocycles. The van der Waals surface area contributed by atoms with E-state index >= 15 is 0 Å². The van der Waals surface area contributed by atoms with Crippen LogP contribution in [-0.4, -0.2) is 27.3 Å². The number of aryl methyl sites for hydroxylation is 2. The van der Waals surface area contributed by atoms with E-state index < -0.39 is 5.97 Å². The van der Waals surface area contributed by atoms with Crippen LogP contribution in [0.15, 0.2) is 16.5 Å². The van der Waals surface area contributed by atoms with Crippen molar-refractivity contribution in [2.24, 2.45) is 7.05 Å². The standard InChI is InChI=1S/C12H15N3O3/c1-4-8-6-7-9(18-8)11-13-10(14-15(11)3)12(16)17-5-2/h6-7H,4-5H2,1-3H3. The molecule has 0 aliphatic rings. The lowest BCUT2D eigenvalue weighted by atomic mass is 10.3. The van der Waals surface area contributed by atoms with Crippen molar-refractivity contribution in [2.75, 3.05) is 6.61 Å². The van der Waals surface area contributed by atoms with Gasteiger partial charge in [-0.1, -0.05) is 6.92 Å². The van der Waals surface area contributed by atoms with E-state index in [0.717, 1.165) is 12.2 Å². The fourth-order valence-electron chi connectivity index (χ4n) is 1.57. The number of ether oxygens (including phenoxy) is 1. The minimum absolute atomic E-state index is 0.0452. The molecular formula is C12H15N3O3. The molecule has 6 nitrogen and oxygen atoms in total. The molecule has 0 atom stereocenters. The maximum Gasteiger partial charge on any atom is 0.378 e. The quantitative estimate of drug-likeness (QED) is 0.773. The van der Waals surface area contributed by atoms with Gasteiger partial charge in [0.15, 0.2) is 11.6 Å². The molecule has 0 aromatic carbocycles. The number of aromatic nitrogens is 3. The normalized spacial score (nSPS) is 10.6. The Labute approximate surface area is 105 Å². The average molecular weight is 249 g/mol. The summed E-state index contributed by atoms with van der Waals surface area (Å²) in [7, 11) is 1.71. The van der Waals surface area contributed by atoms with Gasteiger partial charge in [-0.2, -0.15) is 4.98 Å². The molecule has 2 rings (SSSR count). The molecule has 0 radical (unpaired) electrons. The molecule has 0 spiro atoms. The second kappa shape index (κ2) is 5.03. The van der Waals surface area contributed by atoms with Gasteiger partial charge in [0.2, 0.25) is 0 Å². The summed E-state index contributed by atoms with van der Waals surface area (Å²) in [6.07, 6.45) is 0.808. The van der Waals surface area contributed by atoms with Crippen LogP contribution in [0, 0.1) is 0 Å². The monoisotopic (exact) mass is 249 g/mol. The molecule has 2 aromatic rings. The number of rotatable bonds is 4. The van der Waals surface area contributed by atoms with Crippen LogP contribution in [0.1, 0.15) is 30.2 Å². The molecule has 0 unspecified atom stereocenters. The number of nitrogens with zero attached hydrogens (tertiary/aromatic N) is 3. The highest BCUT2D eigenvalue weighted by Crippen LogP contribution is 2.20. The van der Waals surface area contributed by atoms with Crippen molar-refractivity contribution in [3.63, 3.8) is 0 Å². The van der Waals surface area contributed by atoms with Gasteiger partial charge in [0.05, 0.1) is 6.61 Å². The SMILES string of the molecule is CCOC(=O)c1nc(-c2ccc(CC)o2)n(C)n1. The largest absolute Gasteiger partial charge is 0.460 e. The van der Waals surface area contributed by atoms with Crippen molar-refractivity contribution in [3.05, 3.63) is 23.7 Å². The summed E-state index contributed by atoms with van der Waals surface area (Å²) < 4.78 is 11.9. The Balaban J connectivity index is 2.31. The molecule has 0 saturated heterocycles. The van der Waals surface area contributed by atoms with Gasteiger partial charge in [-0.05, 0) is 19.1 Å². The van der Waals surface area contributed by atoms with Crippen molar-refractivity contribution in [1.82, 2.24) is 14.8 Å². The van der Waals surface area contributed by atoms with E-state index in [1.165, 1.54) is 4.68 Å². The van der Waals surface area contributed by atoms with Crippen LogP contribution in [0.4, 0.5) is 0 Å². The van der Waals surface area contributed by atoms with E-state index in [9.17, 15) is 4.79 Å². The van der Waals surface area contributed by atoms with Gasteiger partial charge in [-0.3, -0.25) is 0 Å². The Morgan fingerprint density at radius 3 is 2.83 bits per heavy atom. The zero-order valence-corrected chi connectivity index (χ0v) is 10.6. The predicted molar refractivity (Wildman–Crippen MR) is 64.0 cm³/mol. The van der Waals surface area contributed by atoms with Crippen LogP contribution < -0.4 is 0 Å². The summed E-state index contributed by atoms with van der Waals surface area (Å²) in [5, 5.41) is 4.01. The Morgan fingerprint density at radius 1 is 1.44 bits per heavy atom. The molecule has 0 N–H and O–H groups in total. The van der Waals surface area contributed by atoms with Gasteiger partial charge in [0.25, 0.3) is 5.82 Å². The molecule has 0 bridgehead atoms. The van der Waals surface area contributed by atoms with Gasteiger partial charge in [-0.15, -0.1) is 5.10 Å². The first-order valence-electron chi connectivity index (χ1n) is 5.83. The third-order valence-electron chi connectivity index (χ3n) is 2.45. The van der Waals surface area contributed by atoms with Crippen LogP contribution in [0.25, 0.3) is 11.6 Å². The lowest BCUT2D eigenvalue weighted by molar-refractivity contribution is 0.0512. The van der Waals surface area contributed by atoms with Crippen LogP contribution in [0.3, 0.4) is 0 Å². The minimum atomic E-state index is -0.526. The first kappa shape index (κ1) is 12.3. The number of hydrogen-bond acceptors (Lipinski definition) is 5. The number of hydrogen-bond donors (Lipinski definition) is 0. The Hall–Kier alpha value is -2.11. The third kappa shape index (κ3) is 2.27. The van der Waals surface area contributed by atoms with Gasteiger partial charge in [-0.25, -0.2) is 9.48 Å². The maximum atomic E-state index is 11.5. The summed E-state index contributed by atoms with van der Waals surface area (Å²) in [6.45, 7) is 4.04. The van der Waals surface area contributed by atoms with Crippen LogP contribution in [-0.2, 0) is 18.2 Å². The van der Waals surface area contributed by atoms with Crippen molar-refractivity contribution >= 4 is 5.97 Å². The third-order valence-corrected chi connectivity index (χ3v) is 2.45. The summed E-state index contributed by atoms with van der Waals surface area (Å²) in [4.78, 5) is 15.6. The average Bonchev–Trinajstić information content (AvgIpc) is 2.95. The summed E-state index contributed by atoms with van der Waals surface area (Å²) in [5.74, 6) is 1.49. The molecular weight excluding hydrogens is 234 g/mol. The van der Waals surface area contributed by atoms with E-state index in [2.05, 4.69) is 10.1 Å². The fraction of sp³-hybridized carbons (Fsp3) is 0.417. The highest BCUT2D eigenvalue weighted by atomic mass is 16.5. The Morgan fingerprint density at radius 2 is 2.22 bits per heavy atom. The lowest BCUT2D eigenvalue weighted by Gasteiger charge is -1.94. The van der Waals surface area contributed by atoms with Crippen molar-refractivity contribution in [1.29, 1.82) is 0 Å². The van der Waals surface area contributed by atoms with E-state index in [0.29, 0.717) is 18.2 Å². The predicted octanol–water partition coefficient (Wildman–Crippen LogP) is 1.81. The lowest BCUT2D eigenvalue weighted by Crippen LogP contribution is -2.07. The zero-order chi connectivity index (χ0) is 13.1. The minimum Gasteiger partial charge on any atom is -0.460 e. The number of carbonyl (C=O) groups excluding carboxylic acids is 1. The Bertz CT molecular complexity index is 557. The molecule has 2 heterocycles. The highest BCUT2D eigenvalue weighted by molar-refractivity contribution is 5.85. The van der Waals surface area contributed by atoms with Gasteiger partial charge in [0.1, 0.15) is 5.76 Å². The first-order chi connectivity index (χ1) is 8.65. The number of carbonyl (C=O) groups is 1. The highest BCUT2D eigenvalue weighted by Gasteiger charge is 2.18. The van der Waals surface area contributed by atoms with Gasteiger partial charge < -0.3 is 9.15 Å².